The maximum absolute atomic E-state index is 12.8. The first-order valence-corrected chi connectivity index (χ1v) is 25.6. The van der Waals surface area contributed by atoms with Crippen molar-refractivity contribution in [2.45, 2.75) is 224 Å². The van der Waals surface area contributed by atoms with Crippen molar-refractivity contribution in [2.24, 2.45) is 0 Å². The van der Waals surface area contributed by atoms with E-state index >= 15 is 0 Å². The van der Waals surface area contributed by atoms with Crippen LogP contribution in [0.25, 0.3) is 0 Å². The van der Waals surface area contributed by atoms with Gasteiger partial charge in [-0.1, -0.05) is 152 Å². The van der Waals surface area contributed by atoms with Crippen LogP contribution in [0.5, 0.6) is 0 Å². The Morgan fingerprint density at radius 3 is 1.40 bits per heavy atom. The zero-order valence-electron chi connectivity index (χ0n) is 38.6. The quantitative estimate of drug-likeness (QED) is 0.0147. The zero-order valence-corrected chi connectivity index (χ0v) is 39.5. The number of carbonyl (C=O) groups excluding carboxylic acids is 2. The number of rotatable bonds is 39. The summed E-state index contributed by atoms with van der Waals surface area (Å²) in [5.74, 6) is -1.13. The van der Waals surface area contributed by atoms with Crippen molar-refractivity contribution in [3.05, 3.63) is 60.8 Å². The Hall–Kier alpha value is -2.45. The molecule has 1 aliphatic carbocycles. The van der Waals surface area contributed by atoms with Crippen molar-refractivity contribution in [3.8, 4) is 0 Å². The summed E-state index contributed by atoms with van der Waals surface area (Å²) in [4.78, 5) is 35.8. The van der Waals surface area contributed by atoms with Gasteiger partial charge in [-0.3, -0.25) is 18.6 Å². The van der Waals surface area contributed by atoms with E-state index in [0.717, 1.165) is 89.9 Å². The molecule has 0 amide bonds. The van der Waals surface area contributed by atoms with E-state index in [0.29, 0.717) is 12.8 Å². The van der Waals surface area contributed by atoms with E-state index in [4.69, 9.17) is 18.5 Å². The van der Waals surface area contributed by atoms with Gasteiger partial charge in [0.25, 0.3) is 0 Å². The smallest absolute Gasteiger partial charge is 0.462 e. The average molecular weight is 913 g/mol. The zero-order chi connectivity index (χ0) is 46.4. The average Bonchev–Trinajstić information content (AvgIpc) is 3.26. The number of unbranched alkanes of at least 4 members (excludes halogenated alkanes) is 17. The van der Waals surface area contributed by atoms with Crippen LogP contribution in [0.2, 0.25) is 0 Å². The molecular weight excluding hydrogens is 827 g/mol. The Morgan fingerprint density at radius 1 is 0.508 bits per heavy atom. The Bertz CT molecular complexity index is 1330. The molecule has 0 spiro atoms. The molecule has 0 bridgehead atoms. The van der Waals surface area contributed by atoms with Crippen molar-refractivity contribution >= 4 is 19.8 Å². The highest BCUT2D eigenvalue weighted by atomic mass is 31.2. The van der Waals surface area contributed by atoms with Gasteiger partial charge < -0.3 is 39.9 Å². The molecule has 1 fully saturated rings. The number of allylic oxidation sites excluding steroid dienone is 10. The molecule has 1 aliphatic rings. The number of aliphatic hydroxyl groups excluding tert-OH is 5. The second-order valence-corrected chi connectivity index (χ2v) is 18.0. The molecule has 1 saturated carbocycles. The van der Waals surface area contributed by atoms with Gasteiger partial charge in [0.05, 0.1) is 6.61 Å². The fourth-order valence-corrected chi connectivity index (χ4v) is 7.95. The number of hydrogen-bond donors (Lipinski definition) is 6. The molecule has 6 atom stereocenters. The predicted molar refractivity (Wildman–Crippen MR) is 249 cm³/mol. The molecule has 0 aliphatic heterocycles. The monoisotopic (exact) mass is 913 g/mol. The van der Waals surface area contributed by atoms with Crippen LogP contribution >= 0.6 is 7.82 Å². The highest BCUT2D eigenvalue weighted by Gasteiger charge is 2.51. The number of ether oxygens (including phenoxy) is 2. The normalized spacial score (nSPS) is 22.2. The fourth-order valence-electron chi connectivity index (χ4n) is 6.98. The van der Waals surface area contributed by atoms with Gasteiger partial charge in [-0.15, -0.1) is 0 Å². The molecule has 364 valence electrons. The minimum absolute atomic E-state index is 0.0839. The van der Waals surface area contributed by atoms with Gasteiger partial charge in [-0.2, -0.15) is 0 Å². The summed E-state index contributed by atoms with van der Waals surface area (Å²) in [5, 5.41) is 50.2. The van der Waals surface area contributed by atoms with Crippen LogP contribution in [-0.4, -0.2) is 98.3 Å². The topological polar surface area (TPSA) is 210 Å². The summed E-state index contributed by atoms with van der Waals surface area (Å²) in [6.45, 7) is 3.16. The molecule has 0 aromatic rings. The van der Waals surface area contributed by atoms with E-state index in [-0.39, 0.29) is 12.8 Å². The Kier molecular flexibility index (Phi) is 36.1. The first kappa shape index (κ1) is 58.6. The van der Waals surface area contributed by atoms with E-state index in [9.17, 15) is 44.6 Å². The summed E-state index contributed by atoms with van der Waals surface area (Å²) in [6, 6.07) is 0. The molecule has 6 N–H and O–H groups in total. The van der Waals surface area contributed by atoms with Gasteiger partial charge in [-0.25, -0.2) is 4.57 Å². The van der Waals surface area contributed by atoms with Gasteiger partial charge in [0.1, 0.15) is 43.2 Å². The standard InChI is InChI=1S/C49H85O13P/c1-3-5-7-9-11-13-15-17-19-21-23-25-27-29-31-33-35-37-42(50)59-39-41(40-60-63(57,58)62-49-47(55)45(53)44(52)46(54)48(49)56)61-43(51)38-36-34-32-30-28-26-24-22-20-18-16-14-12-10-8-6-4-2/h5,7,11,13,17-20,23,25,41,44-49,52-56H,3-4,6,8-10,12,14-16,21-22,24,26-40H2,1-2H3,(H,57,58). The summed E-state index contributed by atoms with van der Waals surface area (Å²) in [5.41, 5.74) is 0. The minimum atomic E-state index is -5.13. The summed E-state index contributed by atoms with van der Waals surface area (Å²) >= 11 is 0. The van der Waals surface area contributed by atoms with Crippen LogP contribution in [0.3, 0.4) is 0 Å². The number of esters is 2. The van der Waals surface area contributed by atoms with E-state index < -0.39 is 75.7 Å². The van der Waals surface area contributed by atoms with Crippen LogP contribution in [0, 0.1) is 0 Å². The van der Waals surface area contributed by atoms with Crippen molar-refractivity contribution in [1.82, 2.24) is 0 Å². The molecular formula is C49H85O13P. The molecule has 14 heteroatoms. The van der Waals surface area contributed by atoms with Gasteiger partial charge in [0.15, 0.2) is 6.10 Å². The van der Waals surface area contributed by atoms with E-state index in [2.05, 4.69) is 74.6 Å². The van der Waals surface area contributed by atoms with Gasteiger partial charge in [0, 0.05) is 12.8 Å². The van der Waals surface area contributed by atoms with Gasteiger partial charge in [-0.05, 0) is 77.0 Å². The lowest BCUT2D eigenvalue weighted by Gasteiger charge is -2.41. The van der Waals surface area contributed by atoms with Crippen LogP contribution in [0.1, 0.15) is 181 Å². The van der Waals surface area contributed by atoms with E-state index in [1.807, 2.05) is 0 Å². The van der Waals surface area contributed by atoms with Crippen molar-refractivity contribution < 1.29 is 63.1 Å². The molecule has 63 heavy (non-hydrogen) atoms. The molecule has 0 saturated heterocycles. The third-order valence-corrected chi connectivity index (χ3v) is 11.8. The molecule has 0 aromatic heterocycles. The van der Waals surface area contributed by atoms with Gasteiger partial charge in [0.2, 0.25) is 0 Å². The van der Waals surface area contributed by atoms with E-state index in [1.165, 1.54) is 51.4 Å². The number of phosphoric acid groups is 1. The van der Waals surface area contributed by atoms with Crippen molar-refractivity contribution in [3.63, 3.8) is 0 Å². The SMILES string of the molecule is CCC=CCC=CCC=CCC=CCCCCCCC(=O)OCC(COP(=O)(O)OC1C(O)C(O)C(O)C(O)C1O)OC(=O)CCCCCCCCCC=CCCCCCCCC. The van der Waals surface area contributed by atoms with Crippen molar-refractivity contribution in [1.29, 1.82) is 0 Å². The lowest BCUT2D eigenvalue weighted by atomic mass is 9.85. The van der Waals surface area contributed by atoms with Crippen LogP contribution in [0.15, 0.2) is 60.8 Å². The summed E-state index contributed by atoms with van der Waals surface area (Å²) in [7, 11) is -5.13. The largest absolute Gasteiger partial charge is 0.472 e. The fraction of sp³-hybridized carbons (Fsp3) is 0.755. The lowest BCUT2D eigenvalue weighted by molar-refractivity contribution is -0.220. The third-order valence-electron chi connectivity index (χ3n) is 10.8. The maximum Gasteiger partial charge on any atom is 0.472 e. The van der Waals surface area contributed by atoms with Crippen LogP contribution in [0.4, 0.5) is 0 Å². The molecule has 1 rings (SSSR count). The highest BCUT2D eigenvalue weighted by molar-refractivity contribution is 7.47. The van der Waals surface area contributed by atoms with Gasteiger partial charge >= 0.3 is 19.8 Å². The Morgan fingerprint density at radius 2 is 0.905 bits per heavy atom. The highest BCUT2D eigenvalue weighted by Crippen LogP contribution is 2.47. The summed E-state index contributed by atoms with van der Waals surface area (Å²) < 4.78 is 33.5. The second-order valence-electron chi connectivity index (χ2n) is 16.6. The third kappa shape index (κ3) is 31.2. The predicted octanol–water partition coefficient (Wildman–Crippen LogP) is 9.73. The van der Waals surface area contributed by atoms with Crippen molar-refractivity contribution in [2.75, 3.05) is 13.2 Å². The molecule has 6 unspecified atom stereocenters. The molecule has 13 nitrogen and oxygen atoms in total. The Labute approximate surface area is 379 Å². The number of hydrogen-bond acceptors (Lipinski definition) is 12. The number of phosphoric ester groups is 1. The number of aliphatic hydroxyl groups is 5. The second kappa shape index (κ2) is 38.8. The van der Waals surface area contributed by atoms with E-state index in [1.54, 1.807) is 0 Å². The molecule has 0 heterocycles. The maximum atomic E-state index is 12.8. The first-order valence-electron chi connectivity index (χ1n) is 24.1. The molecule has 0 radical (unpaired) electrons. The van der Waals surface area contributed by atoms with Crippen LogP contribution in [-0.2, 0) is 32.7 Å². The summed E-state index contributed by atoms with van der Waals surface area (Å²) in [6.07, 6.45) is 34.1. The Balaban J connectivity index is 2.46. The van der Waals surface area contributed by atoms with Crippen LogP contribution < -0.4 is 0 Å². The first-order chi connectivity index (χ1) is 30.4. The lowest BCUT2D eigenvalue weighted by Crippen LogP contribution is -2.64. The molecule has 0 aromatic carbocycles. The number of carbonyl (C=O) groups is 2. The minimum Gasteiger partial charge on any atom is -0.462 e.